The number of hydrogen-bond donors (Lipinski definition) is 1. The number of hydrogen-bond acceptors (Lipinski definition) is 5. The van der Waals surface area contributed by atoms with Crippen LogP contribution in [0.2, 0.25) is 0 Å². The monoisotopic (exact) mass is 354 g/mol. The highest BCUT2D eigenvalue weighted by Crippen LogP contribution is 2.36. The largest absolute Gasteiger partial charge is 0.468 e. The van der Waals surface area contributed by atoms with Gasteiger partial charge < -0.3 is 9.15 Å². The molecule has 0 bridgehead atoms. The third-order valence-electron chi connectivity index (χ3n) is 5.51. The molecule has 1 unspecified atom stereocenters. The van der Waals surface area contributed by atoms with Gasteiger partial charge in [0.05, 0.1) is 23.7 Å². The molecule has 0 aromatic carbocycles. The van der Waals surface area contributed by atoms with Crippen molar-refractivity contribution in [1.82, 2.24) is 9.62 Å². The van der Waals surface area contributed by atoms with Gasteiger partial charge in [-0.1, -0.05) is 0 Å². The Bertz CT molecular complexity index is 646. The van der Waals surface area contributed by atoms with Crippen molar-refractivity contribution in [3.8, 4) is 0 Å². The first-order chi connectivity index (χ1) is 11.5. The zero-order valence-electron chi connectivity index (χ0n) is 13.9. The minimum atomic E-state index is -3.12. The van der Waals surface area contributed by atoms with Crippen LogP contribution in [0, 0.1) is 0 Å². The van der Waals surface area contributed by atoms with Crippen molar-refractivity contribution in [3.63, 3.8) is 0 Å². The SMILES string of the molecule is O=S(=O)(NC1CCOC2(CCN(Cc3ccco3)CC2)C1)C1CC1. The summed E-state index contributed by atoms with van der Waals surface area (Å²) < 4.78 is 38.9. The maximum Gasteiger partial charge on any atom is 0.214 e. The lowest BCUT2D eigenvalue weighted by Gasteiger charge is -2.46. The molecule has 1 spiro atoms. The second-order valence-electron chi connectivity index (χ2n) is 7.44. The van der Waals surface area contributed by atoms with Crippen molar-refractivity contribution in [2.24, 2.45) is 0 Å². The zero-order valence-corrected chi connectivity index (χ0v) is 14.8. The summed E-state index contributed by atoms with van der Waals surface area (Å²) in [6.07, 6.45) is 6.82. The van der Waals surface area contributed by atoms with E-state index < -0.39 is 10.0 Å². The summed E-state index contributed by atoms with van der Waals surface area (Å²) in [4.78, 5) is 2.38. The van der Waals surface area contributed by atoms with Gasteiger partial charge in [-0.15, -0.1) is 0 Å². The molecule has 4 rings (SSSR count). The fourth-order valence-electron chi connectivity index (χ4n) is 3.93. The van der Waals surface area contributed by atoms with Crippen molar-refractivity contribution in [1.29, 1.82) is 0 Å². The van der Waals surface area contributed by atoms with Crippen molar-refractivity contribution in [3.05, 3.63) is 24.2 Å². The van der Waals surface area contributed by atoms with Gasteiger partial charge in [0.2, 0.25) is 10.0 Å². The van der Waals surface area contributed by atoms with Crippen LogP contribution in [0.5, 0.6) is 0 Å². The van der Waals surface area contributed by atoms with Gasteiger partial charge in [0.25, 0.3) is 0 Å². The van der Waals surface area contributed by atoms with Crippen LogP contribution < -0.4 is 4.72 Å². The molecule has 2 aliphatic heterocycles. The molecule has 6 nitrogen and oxygen atoms in total. The summed E-state index contributed by atoms with van der Waals surface area (Å²) >= 11 is 0. The van der Waals surface area contributed by atoms with Gasteiger partial charge in [-0.25, -0.2) is 13.1 Å². The van der Waals surface area contributed by atoms with E-state index in [1.165, 1.54) is 0 Å². The summed E-state index contributed by atoms with van der Waals surface area (Å²) in [7, 11) is -3.12. The third-order valence-corrected chi connectivity index (χ3v) is 7.52. The lowest BCUT2D eigenvalue weighted by molar-refractivity contribution is -0.118. The Balaban J connectivity index is 1.32. The smallest absolute Gasteiger partial charge is 0.214 e. The van der Waals surface area contributed by atoms with Crippen LogP contribution in [0.4, 0.5) is 0 Å². The van der Waals surface area contributed by atoms with Crippen LogP contribution in [0.3, 0.4) is 0 Å². The van der Waals surface area contributed by atoms with Gasteiger partial charge in [-0.3, -0.25) is 4.90 Å². The molecule has 1 aliphatic carbocycles. The number of rotatable bonds is 5. The quantitative estimate of drug-likeness (QED) is 0.874. The Morgan fingerprint density at radius 2 is 2.04 bits per heavy atom. The maximum atomic E-state index is 12.2. The number of ether oxygens (including phenoxy) is 1. The standard InChI is InChI=1S/C17H26N2O4S/c20-24(21,16-3-4-16)18-14-5-11-23-17(12-14)6-8-19(9-7-17)13-15-2-1-10-22-15/h1-2,10,14,16,18H,3-9,11-13H2. The highest BCUT2D eigenvalue weighted by atomic mass is 32.2. The predicted octanol–water partition coefficient (Wildman–Crippen LogP) is 1.88. The van der Waals surface area contributed by atoms with Crippen LogP contribution in [-0.4, -0.2) is 49.9 Å². The Hall–Kier alpha value is -0.890. The third kappa shape index (κ3) is 3.69. The molecular formula is C17H26N2O4S. The van der Waals surface area contributed by atoms with E-state index in [0.717, 1.165) is 63.9 Å². The summed E-state index contributed by atoms with van der Waals surface area (Å²) in [6.45, 7) is 3.41. The van der Waals surface area contributed by atoms with E-state index in [1.807, 2.05) is 12.1 Å². The second kappa shape index (κ2) is 6.44. The van der Waals surface area contributed by atoms with Crippen LogP contribution in [0.1, 0.15) is 44.3 Å². The average molecular weight is 354 g/mol. The molecule has 1 saturated carbocycles. The van der Waals surface area contributed by atoms with Crippen LogP contribution >= 0.6 is 0 Å². The number of nitrogens with zero attached hydrogens (tertiary/aromatic N) is 1. The summed E-state index contributed by atoms with van der Waals surface area (Å²) in [6, 6.07) is 3.95. The molecule has 1 aromatic heterocycles. The fourth-order valence-corrected chi connectivity index (χ4v) is 5.54. The van der Waals surface area contributed by atoms with Crippen LogP contribution in [-0.2, 0) is 21.3 Å². The highest BCUT2D eigenvalue weighted by Gasteiger charge is 2.43. The zero-order chi connectivity index (χ0) is 16.6. The molecule has 0 amide bonds. The van der Waals surface area contributed by atoms with Gasteiger partial charge in [0.1, 0.15) is 5.76 Å². The molecule has 0 radical (unpaired) electrons. The number of sulfonamides is 1. The summed E-state index contributed by atoms with van der Waals surface area (Å²) in [5, 5.41) is -0.147. The molecule has 24 heavy (non-hydrogen) atoms. The predicted molar refractivity (Wildman–Crippen MR) is 90.0 cm³/mol. The van der Waals surface area contributed by atoms with Crippen LogP contribution in [0.25, 0.3) is 0 Å². The Morgan fingerprint density at radius 3 is 2.71 bits per heavy atom. The molecule has 1 atom stereocenters. The van der Waals surface area contributed by atoms with Gasteiger partial charge in [0.15, 0.2) is 0 Å². The van der Waals surface area contributed by atoms with Gasteiger partial charge in [-0.2, -0.15) is 0 Å². The average Bonchev–Trinajstić information content (AvgIpc) is 3.30. The number of piperidine rings is 1. The Morgan fingerprint density at radius 1 is 1.25 bits per heavy atom. The molecule has 3 aliphatic rings. The summed E-state index contributed by atoms with van der Waals surface area (Å²) in [5.74, 6) is 0.991. The van der Waals surface area contributed by atoms with Crippen molar-refractivity contribution < 1.29 is 17.6 Å². The van der Waals surface area contributed by atoms with E-state index in [1.54, 1.807) is 6.26 Å². The van der Waals surface area contributed by atoms with Gasteiger partial charge in [-0.05, 0) is 50.7 Å². The lowest BCUT2D eigenvalue weighted by Crippen LogP contribution is -2.53. The molecule has 2 saturated heterocycles. The first kappa shape index (κ1) is 16.6. The number of furan rings is 1. The molecule has 3 fully saturated rings. The fraction of sp³-hybridized carbons (Fsp3) is 0.765. The molecular weight excluding hydrogens is 328 g/mol. The van der Waals surface area contributed by atoms with Crippen molar-refractivity contribution in [2.45, 2.75) is 62.0 Å². The summed E-state index contributed by atoms with van der Waals surface area (Å²) in [5.41, 5.74) is -0.158. The lowest BCUT2D eigenvalue weighted by atomic mass is 9.82. The first-order valence-electron chi connectivity index (χ1n) is 8.95. The second-order valence-corrected chi connectivity index (χ2v) is 9.43. The minimum Gasteiger partial charge on any atom is -0.468 e. The molecule has 7 heteroatoms. The minimum absolute atomic E-state index is 0.0287. The maximum absolute atomic E-state index is 12.2. The van der Waals surface area contributed by atoms with Gasteiger partial charge >= 0.3 is 0 Å². The Kier molecular flexibility index (Phi) is 4.45. The van der Waals surface area contributed by atoms with Crippen molar-refractivity contribution >= 4 is 10.0 Å². The van der Waals surface area contributed by atoms with E-state index in [0.29, 0.717) is 6.61 Å². The van der Waals surface area contributed by atoms with E-state index in [2.05, 4.69) is 9.62 Å². The first-order valence-corrected chi connectivity index (χ1v) is 10.5. The number of nitrogens with one attached hydrogen (secondary N) is 1. The van der Waals surface area contributed by atoms with E-state index in [-0.39, 0.29) is 16.9 Å². The molecule has 1 N–H and O–H groups in total. The molecule has 134 valence electrons. The van der Waals surface area contributed by atoms with E-state index in [9.17, 15) is 8.42 Å². The Labute approximate surface area is 143 Å². The normalized spacial score (nSPS) is 28.2. The molecule has 3 heterocycles. The number of likely N-dealkylation sites (tertiary alicyclic amines) is 1. The topological polar surface area (TPSA) is 71.8 Å². The van der Waals surface area contributed by atoms with Crippen molar-refractivity contribution in [2.75, 3.05) is 19.7 Å². The van der Waals surface area contributed by atoms with E-state index in [4.69, 9.17) is 9.15 Å². The van der Waals surface area contributed by atoms with E-state index >= 15 is 0 Å². The highest BCUT2D eigenvalue weighted by molar-refractivity contribution is 7.90. The molecule has 1 aromatic rings. The van der Waals surface area contributed by atoms with Gasteiger partial charge in [0, 0.05) is 25.7 Å². The van der Waals surface area contributed by atoms with Crippen LogP contribution in [0.15, 0.2) is 22.8 Å².